The molecule has 1 aliphatic rings. The van der Waals surface area contributed by atoms with Gasteiger partial charge in [0.2, 0.25) is 0 Å². The van der Waals surface area contributed by atoms with Crippen LogP contribution < -0.4 is 0 Å². The summed E-state index contributed by atoms with van der Waals surface area (Å²) in [7, 11) is 0. The van der Waals surface area contributed by atoms with Crippen molar-refractivity contribution in [3.05, 3.63) is 0 Å². The number of hydrogen-bond donors (Lipinski definition) is 0. The first-order valence-electron chi connectivity index (χ1n) is 4.47. The second-order valence-electron chi connectivity index (χ2n) is 2.67. The molecular weight excluding hydrogens is 140 g/mol. The third-order valence-corrected chi connectivity index (χ3v) is 1.73. The maximum Gasteiger partial charge on any atom is 0.293 e. The van der Waals surface area contributed by atoms with E-state index in [0.717, 1.165) is 0 Å². The number of ether oxygens (including phenoxy) is 1. The van der Waals surface area contributed by atoms with E-state index in [2.05, 4.69) is 4.74 Å². The Bertz CT molecular complexity index is 66.1. The molecule has 1 rings (SSSR count). The molecule has 0 unspecified atom stereocenters. The van der Waals surface area contributed by atoms with Gasteiger partial charge in [0.05, 0.1) is 6.61 Å². The van der Waals surface area contributed by atoms with Gasteiger partial charge in [-0.25, -0.2) is 0 Å². The minimum atomic E-state index is 0.431. The third-order valence-electron chi connectivity index (χ3n) is 1.73. The van der Waals surface area contributed by atoms with Gasteiger partial charge in [-0.2, -0.15) is 0 Å². The Morgan fingerprint density at radius 3 is 1.55 bits per heavy atom. The van der Waals surface area contributed by atoms with Gasteiger partial charge in [0, 0.05) is 0 Å². The van der Waals surface area contributed by atoms with Crippen LogP contribution in [0.2, 0.25) is 0 Å². The summed E-state index contributed by atoms with van der Waals surface area (Å²) < 4.78 is 4.15. The second-order valence-corrected chi connectivity index (χ2v) is 2.67. The van der Waals surface area contributed by atoms with Crippen LogP contribution in [0.15, 0.2) is 0 Å². The molecule has 0 aromatic carbocycles. The van der Waals surface area contributed by atoms with Crippen molar-refractivity contribution < 1.29 is 9.53 Å². The summed E-state index contributed by atoms with van der Waals surface area (Å²) in [4.78, 5) is 9.18. The van der Waals surface area contributed by atoms with Crippen LogP contribution in [0.25, 0.3) is 0 Å². The summed E-state index contributed by atoms with van der Waals surface area (Å²) in [6.07, 6.45) is 9.00. The Morgan fingerprint density at radius 1 is 1.09 bits per heavy atom. The average Bonchev–Trinajstić information content (AvgIpc) is 2.10. The molecule has 0 atom stereocenters. The van der Waals surface area contributed by atoms with E-state index in [1.165, 1.54) is 38.5 Å². The number of hydrogen-bond acceptors (Lipinski definition) is 2. The smallest absolute Gasteiger partial charge is 0.293 e. The van der Waals surface area contributed by atoms with E-state index in [0.29, 0.717) is 13.1 Å². The number of carbonyl (C=O) groups is 1. The Kier molecular flexibility index (Phi) is 9.01. The fraction of sp³-hybridized carbons (Fsp3) is 0.889. The summed E-state index contributed by atoms with van der Waals surface area (Å²) in [5.41, 5.74) is 0. The molecule has 11 heavy (non-hydrogen) atoms. The lowest BCUT2D eigenvalue weighted by molar-refractivity contribution is -0.128. The summed E-state index contributed by atoms with van der Waals surface area (Å²) in [6, 6.07) is 0. The zero-order chi connectivity index (χ0) is 8.36. The van der Waals surface area contributed by atoms with Crippen molar-refractivity contribution >= 4 is 6.47 Å². The zero-order valence-electron chi connectivity index (χ0n) is 7.34. The maximum atomic E-state index is 9.18. The Hall–Kier alpha value is -0.530. The molecular formula is C9H18O2. The highest BCUT2D eigenvalue weighted by Crippen LogP contribution is 2.15. The lowest BCUT2D eigenvalue weighted by Gasteiger charge is -2.05. The lowest BCUT2D eigenvalue weighted by atomic mass is 10.0. The molecule has 0 heterocycles. The normalized spacial score (nSPS) is 16.1. The molecule has 0 aromatic heterocycles. The predicted molar refractivity (Wildman–Crippen MR) is 45.4 cm³/mol. The van der Waals surface area contributed by atoms with E-state index in [-0.39, 0.29) is 0 Å². The van der Waals surface area contributed by atoms with Crippen LogP contribution in [0.5, 0.6) is 0 Å². The molecule has 0 bridgehead atoms. The zero-order valence-corrected chi connectivity index (χ0v) is 7.34. The Labute approximate surface area is 68.9 Å². The van der Waals surface area contributed by atoms with E-state index in [1.54, 1.807) is 6.92 Å². The molecule has 1 fully saturated rings. The van der Waals surface area contributed by atoms with Gasteiger partial charge in [-0.3, -0.25) is 4.79 Å². The van der Waals surface area contributed by atoms with E-state index < -0.39 is 0 Å². The minimum absolute atomic E-state index is 0.431. The van der Waals surface area contributed by atoms with E-state index in [9.17, 15) is 4.79 Å². The van der Waals surface area contributed by atoms with Crippen LogP contribution in [0.3, 0.4) is 0 Å². The standard InChI is InChI=1S/C6H12.C3H6O2/c1-2-4-6-5-3-1;1-2-5-3-4/h1-6H2;3H,2H2,1H3. The van der Waals surface area contributed by atoms with Crippen LogP contribution in [0, 0.1) is 0 Å². The molecule has 0 amide bonds. The maximum absolute atomic E-state index is 9.18. The third kappa shape index (κ3) is 9.47. The first-order valence-corrected chi connectivity index (χ1v) is 4.47. The van der Waals surface area contributed by atoms with Gasteiger partial charge in [0.1, 0.15) is 0 Å². The highest BCUT2D eigenvalue weighted by atomic mass is 16.5. The molecule has 0 aliphatic heterocycles. The topological polar surface area (TPSA) is 26.3 Å². The van der Waals surface area contributed by atoms with Crippen molar-refractivity contribution in [3.8, 4) is 0 Å². The summed E-state index contributed by atoms with van der Waals surface area (Å²) in [5, 5.41) is 0. The molecule has 66 valence electrons. The van der Waals surface area contributed by atoms with Crippen LogP contribution in [-0.2, 0) is 9.53 Å². The monoisotopic (exact) mass is 158 g/mol. The summed E-state index contributed by atoms with van der Waals surface area (Å²) in [5.74, 6) is 0. The molecule has 0 aromatic rings. The quantitative estimate of drug-likeness (QED) is 0.577. The van der Waals surface area contributed by atoms with Crippen molar-refractivity contribution in [1.82, 2.24) is 0 Å². The predicted octanol–water partition coefficient (Wildman–Crippen LogP) is 2.52. The molecule has 1 aliphatic carbocycles. The summed E-state index contributed by atoms with van der Waals surface area (Å²) in [6.45, 7) is 2.66. The van der Waals surface area contributed by atoms with E-state index in [4.69, 9.17) is 0 Å². The molecule has 2 heteroatoms. The first-order chi connectivity index (χ1) is 5.41. The van der Waals surface area contributed by atoms with Crippen molar-refractivity contribution in [3.63, 3.8) is 0 Å². The number of rotatable bonds is 2. The fourth-order valence-electron chi connectivity index (χ4n) is 1.13. The first kappa shape index (κ1) is 10.5. The molecule has 1 saturated carbocycles. The second kappa shape index (κ2) is 9.47. The largest absolute Gasteiger partial charge is 0.468 e. The lowest BCUT2D eigenvalue weighted by Crippen LogP contribution is -1.85. The van der Waals surface area contributed by atoms with Crippen LogP contribution >= 0.6 is 0 Å². The Balaban J connectivity index is 0.000000187. The van der Waals surface area contributed by atoms with Crippen molar-refractivity contribution in [2.45, 2.75) is 45.4 Å². The van der Waals surface area contributed by atoms with Crippen LogP contribution in [0.4, 0.5) is 0 Å². The molecule has 0 saturated heterocycles. The SMILES string of the molecule is C1CCCCC1.CCOC=O. The van der Waals surface area contributed by atoms with Gasteiger partial charge in [-0.15, -0.1) is 0 Å². The van der Waals surface area contributed by atoms with Gasteiger partial charge in [0.15, 0.2) is 0 Å². The van der Waals surface area contributed by atoms with Gasteiger partial charge in [-0.1, -0.05) is 38.5 Å². The highest BCUT2D eigenvalue weighted by Gasteiger charge is 1.95. The van der Waals surface area contributed by atoms with Crippen molar-refractivity contribution in [2.24, 2.45) is 0 Å². The minimum Gasteiger partial charge on any atom is -0.468 e. The van der Waals surface area contributed by atoms with E-state index in [1.807, 2.05) is 0 Å². The number of carbonyl (C=O) groups excluding carboxylic acids is 1. The average molecular weight is 158 g/mol. The van der Waals surface area contributed by atoms with E-state index >= 15 is 0 Å². The van der Waals surface area contributed by atoms with Gasteiger partial charge in [0.25, 0.3) is 6.47 Å². The van der Waals surface area contributed by atoms with Crippen molar-refractivity contribution in [2.75, 3.05) is 6.61 Å². The molecule has 0 N–H and O–H groups in total. The van der Waals surface area contributed by atoms with Gasteiger partial charge in [-0.05, 0) is 6.92 Å². The fourth-order valence-corrected chi connectivity index (χ4v) is 1.13. The molecule has 2 nitrogen and oxygen atoms in total. The van der Waals surface area contributed by atoms with Crippen molar-refractivity contribution in [1.29, 1.82) is 0 Å². The van der Waals surface area contributed by atoms with Gasteiger partial charge < -0.3 is 4.74 Å². The van der Waals surface area contributed by atoms with Gasteiger partial charge >= 0.3 is 0 Å². The van der Waals surface area contributed by atoms with Crippen LogP contribution in [0.1, 0.15) is 45.4 Å². The molecule has 0 spiro atoms. The highest BCUT2D eigenvalue weighted by molar-refractivity contribution is 5.36. The summed E-state index contributed by atoms with van der Waals surface area (Å²) >= 11 is 0. The molecule has 0 radical (unpaired) electrons. The van der Waals surface area contributed by atoms with Crippen LogP contribution in [-0.4, -0.2) is 13.1 Å². The Morgan fingerprint density at radius 2 is 1.45 bits per heavy atom.